The highest BCUT2D eigenvalue weighted by atomic mass is 32.1. The molecule has 2 rings (SSSR count). The summed E-state index contributed by atoms with van der Waals surface area (Å²) < 4.78 is 5.53. The molecule has 1 heterocycles. The fourth-order valence-electron chi connectivity index (χ4n) is 1.68. The quantitative estimate of drug-likeness (QED) is 0.381. The molecule has 0 spiro atoms. The summed E-state index contributed by atoms with van der Waals surface area (Å²) in [6, 6.07) is 8.74. The van der Waals surface area contributed by atoms with E-state index in [1.807, 2.05) is 11.4 Å². The molecular weight excluding hydrogens is 264 g/mol. The highest BCUT2D eigenvalue weighted by Gasteiger charge is 2.10. The Morgan fingerprint density at radius 3 is 2.84 bits per heavy atom. The number of nitrogens with zero attached hydrogens (tertiary/aromatic N) is 1. The van der Waals surface area contributed by atoms with Gasteiger partial charge in [0.05, 0.1) is 18.1 Å². The number of rotatable bonds is 6. The van der Waals surface area contributed by atoms with Crippen LogP contribution in [0.2, 0.25) is 0 Å². The third-order valence-electron chi connectivity index (χ3n) is 2.63. The van der Waals surface area contributed by atoms with E-state index < -0.39 is 4.92 Å². The van der Waals surface area contributed by atoms with Gasteiger partial charge in [0.1, 0.15) is 5.69 Å². The third kappa shape index (κ3) is 3.77. The van der Waals surface area contributed by atoms with Crippen molar-refractivity contribution in [1.82, 2.24) is 0 Å². The lowest BCUT2D eigenvalue weighted by Crippen LogP contribution is -2.00. The highest BCUT2D eigenvalue weighted by molar-refractivity contribution is 7.09. The van der Waals surface area contributed by atoms with Gasteiger partial charge in [-0.05, 0) is 29.1 Å². The van der Waals surface area contributed by atoms with Crippen LogP contribution in [-0.2, 0) is 17.8 Å². The number of anilines is 1. The van der Waals surface area contributed by atoms with Crippen LogP contribution in [0, 0.1) is 10.1 Å². The molecule has 0 aliphatic rings. The molecule has 100 valence electrons. The van der Waals surface area contributed by atoms with E-state index in [0.717, 1.165) is 12.0 Å². The van der Waals surface area contributed by atoms with Crippen LogP contribution in [-0.4, -0.2) is 11.5 Å². The van der Waals surface area contributed by atoms with Crippen LogP contribution in [0.1, 0.15) is 10.4 Å². The number of nitrogen functional groups attached to an aromatic ring is 1. The monoisotopic (exact) mass is 278 g/mol. The Kier molecular flexibility index (Phi) is 4.48. The molecule has 0 bridgehead atoms. The summed E-state index contributed by atoms with van der Waals surface area (Å²) in [6.07, 6.45) is 0.875. The normalized spacial score (nSPS) is 10.5. The SMILES string of the molecule is Nc1cc(COCCc2cccs2)ccc1[N+](=O)[O-]. The molecule has 1 aromatic heterocycles. The number of ether oxygens (including phenoxy) is 1. The van der Waals surface area contributed by atoms with Gasteiger partial charge in [0.15, 0.2) is 0 Å². The standard InChI is InChI=1S/C13H14N2O3S/c14-12-8-10(3-4-13(12)15(16)17)9-18-6-5-11-2-1-7-19-11/h1-4,7-8H,5-6,9,14H2. The summed E-state index contributed by atoms with van der Waals surface area (Å²) in [5, 5.41) is 12.7. The molecule has 0 radical (unpaired) electrons. The number of nitro benzene ring substituents is 1. The van der Waals surface area contributed by atoms with Crippen molar-refractivity contribution in [2.45, 2.75) is 13.0 Å². The number of thiophene rings is 1. The van der Waals surface area contributed by atoms with Gasteiger partial charge in [-0.2, -0.15) is 0 Å². The summed E-state index contributed by atoms with van der Waals surface area (Å²) in [7, 11) is 0. The van der Waals surface area contributed by atoms with E-state index in [9.17, 15) is 10.1 Å². The largest absolute Gasteiger partial charge is 0.393 e. The predicted molar refractivity (Wildman–Crippen MR) is 75.2 cm³/mol. The van der Waals surface area contributed by atoms with Gasteiger partial charge in [-0.25, -0.2) is 0 Å². The zero-order valence-electron chi connectivity index (χ0n) is 10.2. The molecule has 0 amide bonds. The first-order valence-corrected chi connectivity index (χ1v) is 6.67. The second kappa shape index (κ2) is 6.31. The van der Waals surface area contributed by atoms with Crippen LogP contribution in [0.15, 0.2) is 35.7 Å². The van der Waals surface area contributed by atoms with Crippen molar-refractivity contribution < 1.29 is 9.66 Å². The zero-order valence-corrected chi connectivity index (χ0v) is 11.1. The minimum atomic E-state index is -0.489. The van der Waals surface area contributed by atoms with Crippen LogP contribution in [0.5, 0.6) is 0 Å². The first-order chi connectivity index (χ1) is 9.16. The molecule has 5 nitrogen and oxygen atoms in total. The maximum Gasteiger partial charge on any atom is 0.292 e. The Labute approximate surface area is 114 Å². The molecule has 0 aliphatic heterocycles. The molecule has 6 heteroatoms. The van der Waals surface area contributed by atoms with Gasteiger partial charge >= 0.3 is 0 Å². The van der Waals surface area contributed by atoms with Crippen molar-refractivity contribution in [3.05, 3.63) is 56.3 Å². The van der Waals surface area contributed by atoms with Crippen LogP contribution >= 0.6 is 11.3 Å². The fraction of sp³-hybridized carbons (Fsp3) is 0.231. The first-order valence-electron chi connectivity index (χ1n) is 5.80. The van der Waals surface area contributed by atoms with Crippen LogP contribution in [0.4, 0.5) is 11.4 Å². The highest BCUT2D eigenvalue weighted by Crippen LogP contribution is 2.22. The van der Waals surface area contributed by atoms with Gasteiger partial charge in [0.2, 0.25) is 0 Å². The average Bonchev–Trinajstić information content (AvgIpc) is 2.87. The molecule has 0 fully saturated rings. The molecule has 1 aromatic carbocycles. The summed E-state index contributed by atoms with van der Waals surface area (Å²) in [6.45, 7) is 1.03. The van der Waals surface area contributed by atoms with Crippen LogP contribution in [0.3, 0.4) is 0 Å². The van der Waals surface area contributed by atoms with Crippen molar-refractivity contribution in [3.8, 4) is 0 Å². The molecule has 2 aromatic rings. The first kappa shape index (κ1) is 13.5. The molecule has 0 aliphatic carbocycles. The summed E-state index contributed by atoms with van der Waals surface area (Å²) >= 11 is 1.70. The Morgan fingerprint density at radius 2 is 2.21 bits per heavy atom. The number of nitrogens with two attached hydrogens (primary N) is 1. The van der Waals surface area contributed by atoms with E-state index >= 15 is 0 Å². The Morgan fingerprint density at radius 1 is 1.37 bits per heavy atom. The van der Waals surface area contributed by atoms with Gasteiger partial charge in [0.25, 0.3) is 5.69 Å². The zero-order chi connectivity index (χ0) is 13.7. The molecule has 0 saturated carbocycles. The van der Waals surface area contributed by atoms with Gasteiger partial charge in [0, 0.05) is 17.4 Å². The topological polar surface area (TPSA) is 78.4 Å². The van der Waals surface area contributed by atoms with E-state index in [1.54, 1.807) is 23.5 Å². The van der Waals surface area contributed by atoms with Crippen molar-refractivity contribution in [1.29, 1.82) is 0 Å². The van der Waals surface area contributed by atoms with Crippen molar-refractivity contribution in [3.63, 3.8) is 0 Å². The lowest BCUT2D eigenvalue weighted by Gasteiger charge is -2.05. The van der Waals surface area contributed by atoms with E-state index in [4.69, 9.17) is 10.5 Å². The third-order valence-corrected chi connectivity index (χ3v) is 3.57. The molecule has 19 heavy (non-hydrogen) atoms. The van der Waals surface area contributed by atoms with E-state index in [2.05, 4.69) is 6.07 Å². The van der Waals surface area contributed by atoms with Gasteiger partial charge in [-0.1, -0.05) is 6.07 Å². The average molecular weight is 278 g/mol. The smallest absolute Gasteiger partial charge is 0.292 e. The van der Waals surface area contributed by atoms with Gasteiger partial charge in [-0.3, -0.25) is 10.1 Å². The molecular formula is C13H14N2O3S. The van der Waals surface area contributed by atoms with Crippen LogP contribution in [0.25, 0.3) is 0 Å². The second-order valence-electron chi connectivity index (χ2n) is 4.03. The Hall–Kier alpha value is -1.92. The summed E-state index contributed by atoms with van der Waals surface area (Å²) in [5.74, 6) is 0. The van der Waals surface area contributed by atoms with E-state index in [-0.39, 0.29) is 11.4 Å². The summed E-state index contributed by atoms with van der Waals surface area (Å²) in [4.78, 5) is 11.4. The van der Waals surface area contributed by atoms with E-state index in [0.29, 0.717) is 13.2 Å². The number of nitro groups is 1. The Bertz CT molecular complexity index is 555. The van der Waals surface area contributed by atoms with E-state index in [1.165, 1.54) is 10.9 Å². The molecule has 2 N–H and O–H groups in total. The van der Waals surface area contributed by atoms with Crippen molar-refractivity contribution in [2.24, 2.45) is 0 Å². The molecule has 0 saturated heterocycles. The second-order valence-corrected chi connectivity index (χ2v) is 5.06. The minimum Gasteiger partial charge on any atom is -0.393 e. The summed E-state index contributed by atoms with van der Waals surface area (Å²) in [5.41, 5.74) is 6.55. The lowest BCUT2D eigenvalue weighted by molar-refractivity contribution is -0.383. The van der Waals surface area contributed by atoms with Crippen molar-refractivity contribution >= 4 is 22.7 Å². The maximum atomic E-state index is 10.6. The molecule has 0 atom stereocenters. The van der Waals surface area contributed by atoms with Crippen molar-refractivity contribution in [2.75, 3.05) is 12.3 Å². The fourth-order valence-corrected chi connectivity index (χ4v) is 2.37. The van der Waals surface area contributed by atoms with Crippen LogP contribution < -0.4 is 5.73 Å². The minimum absolute atomic E-state index is 0.0673. The number of hydrogen-bond acceptors (Lipinski definition) is 5. The maximum absolute atomic E-state index is 10.6. The van der Waals surface area contributed by atoms with Gasteiger partial charge < -0.3 is 10.5 Å². The lowest BCUT2D eigenvalue weighted by atomic mass is 10.2. The molecule has 0 unspecified atom stereocenters. The van der Waals surface area contributed by atoms with Gasteiger partial charge in [-0.15, -0.1) is 11.3 Å². The predicted octanol–water partition coefficient (Wildman–Crippen LogP) is 3.00. The Balaban J connectivity index is 1.83. The number of benzene rings is 1. The number of hydrogen-bond donors (Lipinski definition) is 1.